The van der Waals surface area contributed by atoms with E-state index >= 15 is 0 Å². The first kappa shape index (κ1) is 24.3. The second-order valence-corrected chi connectivity index (χ2v) is 12.6. The molecular formula is C34H24ClN3O4. The first-order valence-electron chi connectivity index (χ1n) is 14.4. The second-order valence-electron chi connectivity index (χ2n) is 12.2. The Hall–Kier alpha value is -4.36. The fourth-order valence-corrected chi connectivity index (χ4v) is 9.29. The maximum atomic E-state index is 14.5. The smallest absolute Gasteiger partial charge is 0.254 e. The van der Waals surface area contributed by atoms with E-state index in [1.807, 2.05) is 48.5 Å². The van der Waals surface area contributed by atoms with Crippen LogP contribution in [0.3, 0.4) is 0 Å². The lowest BCUT2D eigenvalue weighted by Gasteiger charge is -2.52. The summed E-state index contributed by atoms with van der Waals surface area (Å²) in [5.74, 6) is -3.77. The molecule has 7 nitrogen and oxygen atoms in total. The number of halogens is 1. The maximum absolute atomic E-state index is 14.5. The number of para-hydroxylation sites is 1. The van der Waals surface area contributed by atoms with Crippen molar-refractivity contribution < 1.29 is 19.2 Å². The monoisotopic (exact) mass is 573 g/mol. The Morgan fingerprint density at radius 2 is 1.29 bits per heavy atom. The van der Waals surface area contributed by atoms with Crippen LogP contribution in [0.5, 0.6) is 0 Å². The van der Waals surface area contributed by atoms with Crippen molar-refractivity contribution in [3.05, 3.63) is 112 Å². The van der Waals surface area contributed by atoms with Gasteiger partial charge in [-0.1, -0.05) is 84.4 Å². The number of anilines is 1. The summed E-state index contributed by atoms with van der Waals surface area (Å²) in [5, 5.41) is 6.01. The summed E-state index contributed by atoms with van der Waals surface area (Å²) in [7, 11) is 0. The lowest BCUT2D eigenvalue weighted by molar-refractivity contribution is -0.140. The number of fused-ring (bicyclic) bond motifs is 5. The number of hydrogen-bond donors (Lipinski definition) is 0. The van der Waals surface area contributed by atoms with Gasteiger partial charge in [-0.15, -0.1) is 0 Å². The minimum Gasteiger partial charge on any atom is -0.274 e. The fraction of sp³-hybridized carbons (Fsp3) is 0.265. The highest BCUT2D eigenvalue weighted by atomic mass is 35.5. The first-order valence-corrected chi connectivity index (χ1v) is 14.7. The number of imide groups is 2. The van der Waals surface area contributed by atoms with Gasteiger partial charge in [0.2, 0.25) is 11.8 Å². The fourth-order valence-electron chi connectivity index (χ4n) is 9.07. The molecule has 4 amide bonds. The van der Waals surface area contributed by atoms with E-state index < -0.39 is 17.3 Å². The summed E-state index contributed by atoms with van der Waals surface area (Å²) in [4.78, 5) is 57.2. The molecule has 2 aliphatic heterocycles. The highest BCUT2D eigenvalue weighted by Crippen LogP contribution is 2.64. The van der Waals surface area contributed by atoms with Gasteiger partial charge in [0.15, 0.2) is 0 Å². The SMILES string of the molecule is O=C1[C@@H]2[C@H](C(=O)N1/N=C\C13c4ccccc4C(c4ccccc41)[C@H]1C(=O)N(c4ccccc4Cl)C(=O)[C@@H]13)[C@H]1C=C[C@H]2C1. The minimum atomic E-state index is -1.18. The zero-order valence-corrected chi connectivity index (χ0v) is 23.0. The van der Waals surface area contributed by atoms with Crippen molar-refractivity contribution in [1.29, 1.82) is 0 Å². The standard InChI is InChI=1S/C34H24ClN3O4/c35-23-11-5-6-12-24(23)37-30(39)28-27-19-7-1-3-9-21(19)34(29(28)33(37)42,22-10-4-2-8-20(22)27)16-36-38-31(40)25-17-13-14-18(15-17)26(25)32(38)41/h1-14,16-18,25-29H,15H2/b36-16-/t17-,18-,25-,26+,27?,28+,29+,34?/m0/s1. The van der Waals surface area contributed by atoms with E-state index in [9.17, 15) is 19.2 Å². The van der Waals surface area contributed by atoms with E-state index in [4.69, 9.17) is 11.6 Å². The molecule has 0 spiro atoms. The summed E-state index contributed by atoms with van der Waals surface area (Å²) in [6.45, 7) is 0. The van der Waals surface area contributed by atoms with Crippen LogP contribution in [0.25, 0.3) is 0 Å². The summed E-state index contributed by atoms with van der Waals surface area (Å²) in [6, 6.07) is 22.5. The topological polar surface area (TPSA) is 87.1 Å². The van der Waals surface area contributed by atoms with Crippen LogP contribution in [0.4, 0.5) is 5.69 Å². The predicted molar refractivity (Wildman–Crippen MR) is 154 cm³/mol. The van der Waals surface area contributed by atoms with E-state index in [0.29, 0.717) is 10.7 Å². The van der Waals surface area contributed by atoms with Gasteiger partial charge in [0.1, 0.15) is 0 Å². The Morgan fingerprint density at radius 1 is 0.714 bits per heavy atom. The number of benzene rings is 3. The molecule has 5 aliphatic carbocycles. The molecule has 2 saturated heterocycles. The molecule has 1 saturated carbocycles. The summed E-state index contributed by atoms with van der Waals surface area (Å²) >= 11 is 6.53. The molecular weight excluding hydrogens is 550 g/mol. The molecule has 0 radical (unpaired) electrons. The average molecular weight is 574 g/mol. The van der Waals surface area contributed by atoms with Crippen LogP contribution in [0.1, 0.15) is 34.6 Å². The summed E-state index contributed by atoms with van der Waals surface area (Å²) in [5.41, 5.74) is 2.80. The van der Waals surface area contributed by atoms with E-state index in [-0.39, 0.29) is 53.2 Å². The summed E-state index contributed by atoms with van der Waals surface area (Å²) in [6.07, 6.45) is 6.54. The number of nitrogens with zero attached hydrogens (tertiary/aromatic N) is 3. The van der Waals surface area contributed by atoms with Gasteiger partial charge in [-0.3, -0.25) is 19.2 Å². The van der Waals surface area contributed by atoms with Gasteiger partial charge in [-0.25, -0.2) is 4.90 Å². The molecule has 0 aromatic heterocycles. The Morgan fingerprint density at radius 3 is 1.90 bits per heavy atom. The molecule has 0 unspecified atom stereocenters. The molecule has 3 fully saturated rings. The third-order valence-electron chi connectivity index (χ3n) is 10.6. The van der Waals surface area contributed by atoms with Crippen LogP contribution in [-0.2, 0) is 24.6 Å². The highest BCUT2D eigenvalue weighted by Gasteiger charge is 2.68. The molecule has 8 heteroatoms. The Bertz CT molecular complexity index is 1770. The van der Waals surface area contributed by atoms with Crippen LogP contribution in [0.15, 0.2) is 90.0 Å². The highest BCUT2D eigenvalue weighted by molar-refractivity contribution is 6.36. The molecule has 206 valence electrons. The molecule has 0 N–H and O–H groups in total. The van der Waals surface area contributed by atoms with Crippen LogP contribution in [0.2, 0.25) is 5.02 Å². The molecule has 2 heterocycles. The molecule has 6 atom stereocenters. The van der Waals surface area contributed by atoms with Crippen LogP contribution >= 0.6 is 11.6 Å². The molecule has 3 aromatic carbocycles. The van der Waals surface area contributed by atoms with E-state index in [0.717, 1.165) is 33.7 Å². The Kier molecular flexibility index (Phi) is 4.70. The van der Waals surface area contributed by atoms with Gasteiger partial charge < -0.3 is 0 Å². The number of amides is 4. The van der Waals surface area contributed by atoms with Gasteiger partial charge in [-0.05, 0) is 52.6 Å². The molecule has 10 rings (SSSR count). The predicted octanol–water partition coefficient (Wildman–Crippen LogP) is 4.68. The van der Waals surface area contributed by atoms with E-state index in [2.05, 4.69) is 17.3 Å². The van der Waals surface area contributed by atoms with Crippen molar-refractivity contribution in [3.8, 4) is 0 Å². The lowest BCUT2D eigenvalue weighted by Crippen LogP contribution is -2.55. The Balaban J connectivity index is 1.25. The van der Waals surface area contributed by atoms with Gasteiger partial charge >= 0.3 is 0 Å². The number of allylic oxidation sites excluding steroid dienone is 2. The van der Waals surface area contributed by atoms with Crippen LogP contribution in [0, 0.1) is 35.5 Å². The van der Waals surface area contributed by atoms with Crippen molar-refractivity contribution in [2.24, 2.45) is 40.6 Å². The van der Waals surface area contributed by atoms with Crippen molar-refractivity contribution in [1.82, 2.24) is 5.01 Å². The van der Waals surface area contributed by atoms with Crippen LogP contribution in [-0.4, -0.2) is 34.9 Å². The van der Waals surface area contributed by atoms with E-state index in [1.54, 1.807) is 30.5 Å². The van der Waals surface area contributed by atoms with Crippen molar-refractivity contribution >= 4 is 47.1 Å². The maximum Gasteiger partial charge on any atom is 0.254 e. The molecule has 42 heavy (non-hydrogen) atoms. The third-order valence-corrected chi connectivity index (χ3v) is 10.9. The third kappa shape index (κ3) is 2.71. The quantitative estimate of drug-likeness (QED) is 0.259. The number of carbonyl (C=O) groups is 4. The normalized spacial score (nSPS) is 34.9. The first-order chi connectivity index (χ1) is 20.4. The van der Waals surface area contributed by atoms with Gasteiger partial charge in [-0.2, -0.15) is 10.1 Å². The summed E-state index contributed by atoms with van der Waals surface area (Å²) < 4.78 is 0. The minimum absolute atomic E-state index is 0.0592. The second kappa shape index (κ2) is 8.13. The molecule has 7 aliphatic rings. The van der Waals surface area contributed by atoms with Gasteiger partial charge in [0.05, 0.1) is 39.8 Å². The number of hydrogen-bond acceptors (Lipinski definition) is 5. The number of rotatable bonds is 3. The molecule has 4 bridgehead atoms. The zero-order chi connectivity index (χ0) is 28.5. The van der Waals surface area contributed by atoms with Gasteiger partial charge in [0.25, 0.3) is 11.8 Å². The largest absolute Gasteiger partial charge is 0.274 e. The average Bonchev–Trinajstić information content (AvgIpc) is 3.75. The van der Waals surface area contributed by atoms with Gasteiger partial charge in [0, 0.05) is 12.1 Å². The van der Waals surface area contributed by atoms with Crippen molar-refractivity contribution in [2.45, 2.75) is 17.8 Å². The molecule has 3 aromatic rings. The number of hydrazone groups is 1. The lowest BCUT2D eigenvalue weighted by atomic mass is 9.47. The Labute approximate surface area is 246 Å². The van der Waals surface area contributed by atoms with E-state index in [1.165, 1.54) is 4.90 Å². The zero-order valence-electron chi connectivity index (χ0n) is 22.3. The number of carbonyl (C=O) groups excluding carboxylic acids is 4. The van der Waals surface area contributed by atoms with Crippen molar-refractivity contribution in [3.63, 3.8) is 0 Å². The van der Waals surface area contributed by atoms with Crippen molar-refractivity contribution in [2.75, 3.05) is 4.90 Å². The van der Waals surface area contributed by atoms with Crippen LogP contribution < -0.4 is 4.90 Å².